The molecular formula is C27H22CrO4. The molecule has 0 saturated heterocycles. The molecule has 0 amide bonds. The van der Waals surface area contributed by atoms with Crippen LogP contribution in [-0.4, -0.2) is 5.78 Å². The summed E-state index contributed by atoms with van der Waals surface area (Å²) in [7, 11) is 0. The average Bonchev–Trinajstić information content (AvgIpc) is 2.86. The predicted octanol–water partition coefficient (Wildman–Crippen LogP) is 5.46. The van der Waals surface area contributed by atoms with E-state index in [0.717, 1.165) is 18.4 Å². The van der Waals surface area contributed by atoms with E-state index in [-0.39, 0.29) is 35.0 Å². The monoisotopic (exact) mass is 462 g/mol. The van der Waals surface area contributed by atoms with E-state index >= 15 is 0 Å². The number of ketones is 1. The number of fused-ring (bicyclic) bond motifs is 1. The summed E-state index contributed by atoms with van der Waals surface area (Å²) in [6.45, 7) is 15.6. The van der Waals surface area contributed by atoms with Crippen molar-refractivity contribution in [2.45, 2.75) is 25.7 Å². The van der Waals surface area contributed by atoms with Gasteiger partial charge in [0.1, 0.15) is 0 Å². The molecule has 4 rings (SSSR count). The van der Waals surface area contributed by atoms with Crippen molar-refractivity contribution in [3.05, 3.63) is 127 Å². The minimum absolute atomic E-state index is 0. The number of carbonyl (C=O) groups is 1. The van der Waals surface area contributed by atoms with Crippen LogP contribution in [0.5, 0.6) is 0 Å². The summed E-state index contributed by atoms with van der Waals surface area (Å²) >= 11 is 0. The number of hydrogen-bond acceptors (Lipinski definition) is 1. The Morgan fingerprint density at radius 1 is 0.750 bits per heavy atom. The van der Waals surface area contributed by atoms with Crippen molar-refractivity contribution < 1.29 is 36.1 Å². The molecule has 1 aliphatic rings. The third-order valence-electron chi connectivity index (χ3n) is 5.34. The fourth-order valence-corrected chi connectivity index (χ4v) is 4.03. The van der Waals surface area contributed by atoms with Gasteiger partial charge in [0.2, 0.25) is 0 Å². The maximum atomic E-state index is 13.3. The molecule has 0 bridgehead atoms. The van der Waals surface area contributed by atoms with Crippen LogP contribution in [0, 0.1) is 32.8 Å². The standard InChI is InChI=1S/C24H22O.3CO.Cr/c1-17-11-13-20(14-12-17)23(19-8-3-2-4-9-19)22-16-15-18-7-5-6-10-21(18)24(22)25;3*1-2;/h2-14,22-23H,15-16H2,1H3;;;;/t22-,23+;;;;/m0..../s1. The quantitative estimate of drug-likeness (QED) is 0.376. The van der Waals surface area contributed by atoms with Gasteiger partial charge in [-0.3, -0.25) is 4.79 Å². The summed E-state index contributed by atoms with van der Waals surface area (Å²) in [5.74, 6) is 0.402. The molecule has 160 valence electrons. The molecular weight excluding hydrogens is 440 g/mol. The molecule has 3 aromatic rings. The molecule has 2 atom stereocenters. The first kappa shape index (κ1) is 29.1. The largest absolute Gasteiger partial charge is 0 e. The summed E-state index contributed by atoms with van der Waals surface area (Å²) in [5, 5.41) is 0. The Morgan fingerprint density at radius 2 is 1.25 bits per heavy atom. The molecule has 0 saturated carbocycles. The Bertz CT molecular complexity index is 1010. The summed E-state index contributed by atoms with van der Waals surface area (Å²) in [4.78, 5) is 13.3. The Balaban J connectivity index is 0.00000127. The number of hydrogen-bond donors (Lipinski definition) is 0. The van der Waals surface area contributed by atoms with Crippen LogP contribution in [0.15, 0.2) is 78.9 Å². The van der Waals surface area contributed by atoms with Crippen LogP contribution in [0.1, 0.15) is 45.0 Å². The third kappa shape index (κ3) is 7.06. The van der Waals surface area contributed by atoms with Crippen molar-refractivity contribution >= 4 is 5.78 Å². The zero-order valence-corrected chi connectivity index (χ0v) is 18.9. The second kappa shape index (κ2) is 15.8. The second-order valence-electron chi connectivity index (χ2n) is 6.97. The zero-order chi connectivity index (χ0) is 23.2. The predicted molar refractivity (Wildman–Crippen MR) is 114 cm³/mol. The fourth-order valence-electron chi connectivity index (χ4n) is 4.03. The second-order valence-corrected chi connectivity index (χ2v) is 6.97. The molecule has 0 aliphatic heterocycles. The SMILES string of the molecule is Cc1ccc([C@@H](c2ccccc2)[C@@H]2CCc3ccccc3C2=O)cc1.[C-]#[O+].[C-]#[O+].[C-]#[O+].[Cr]. The number of Topliss-reactive ketones (excluding diaryl/α,β-unsaturated/α-hetero) is 1. The summed E-state index contributed by atoms with van der Waals surface area (Å²) < 4.78 is 22.5. The van der Waals surface area contributed by atoms with Gasteiger partial charge in [0.15, 0.2) is 5.78 Å². The van der Waals surface area contributed by atoms with Gasteiger partial charge in [0.05, 0.1) is 0 Å². The Hall–Kier alpha value is -2.92. The van der Waals surface area contributed by atoms with Gasteiger partial charge in [-0.15, -0.1) is 0 Å². The van der Waals surface area contributed by atoms with Gasteiger partial charge >= 0.3 is 33.9 Å². The van der Waals surface area contributed by atoms with Crippen molar-refractivity contribution in [1.82, 2.24) is 0 Å². The Kier molecular flexibility index (Phi) is 14.4. The fraction of sp³-hybridized carbons (Fsp3) is 0.185. The summed E-state index contributed by atoms with van der Waals surface area (Å²) in [6.07, 6.45) is 1.88. The van der Waals surface area contributed by atoms with E-state index in [1.165, 1.54) is 22.3 Å². The van der Waals surface area contributed by atoms with Crippen LogP contribution in [0.25, 0.3) is 0 Å². The number of aryl methyl sites for hydroxylation is 2. The maximum Gasteiger partial charge on any atom is 0 e. The summed E-state index contributed by atoms with van der Waals surface area (Å²) in [6, 6.07) is 27.2. The van der Waals surface area contributed by atoms with Gasteiger partial charge in [-0.2, -0.15) is 0 Å². The molecule has 0 fully saturated rings. The van der Waals surface area contributed by atoms with Crippen LogP contribution in [0.3, 0.4) is 0 Å². The molecule has 1 aliphatic carbocycles. The first-order chi connectivity index (χ1) is 15.2. The van der Waals surface area contributed by atoms with Gasteiger partial charge in [-0.05, 0) is 36.5 Å². The summed E-state index contributed by atoms with van der Waals surface area (Å²) in [5.41, 5.74) is 5.81. The topological polar surface area (TPSA) is 76.8 Å². The van der Waals surface area contributed by atoms with E-state index < -0.39 is 0 Å². The van der Waals surface area contributed by atoms with E-state index in [1.54, 1.807) is 0 Å². The van der Waals surface area contributed by atoms with E-state index in [4.69, 9.17) is 14.0 Å². The van der Waals surface area contributed by atoms with Crippen LogP contribution >= 0.6 is 0 Å². The molecule has 0 N–H and O–H groups in total. The van der Waals surface area contributed by atoms with Crippen molar-refractivity contribution in [3.63, 3.8) is 0 Å². The van der Waals surface area contributed by atoms with Crippen molar-refractivity contribution in [2.75, 3.05) is 0 Å². The molecule has 0 heterocycles. The van der Waals surface area contributed by atoms with E-state index in [9.17, 15) is 4.79 Å². The van der Waals surface area contributed by atoms with Crippen molar-refractivity contribution in [1.29, 1.82) is 0 Å². The number of rotatable bonds is 3. The van der Waals surface area contributed by atoms with Gasteiger partial charge in [-0.25, -0.2) is 0 Å². The molecule has 0 radical (unpaired) electrons. The minimum Gasteiger partial charge on any atom is 0 e. The number of benzene rings is 3. The smallest absolute Gasteiger partial charge is 0 e. The maximum absolute atomic E-state index is 13.3. The van der Waals surface area contributed by atoms with Crippen LogP contribution in [-0.2, 0) is 37.7 Å². The normalized spacial score (nSPS) is 14.1. The molecule has 32 heavy (non-hydrogen) atoms. The molecule has 0 spiro atoms. The van der Waals surface area contributed by atoms with E-state index in [0.29, 0.717) is 0 Å². The minimum atomic E-state index is 0. The molecule has 0 unspecified atom stereocenters. The van der Waals surface area contributed by atoms with Crippen molar-refractivity contribution in [3.8, 4) is 0 Å². The number of carbonyl (C=O) groups excluding carboxylic acids is 1. The first-order valence-corrected chi connectivity index (χ1v) is 9.59. The van der Waals surface area contributed by atoms with Gasteiger partial charge in [0.25, 0.3) is 0 Å². The van der Waals surface area contributed by atoms with Gasteiger partial charge in [-0.1, -0.05) is 84.4 Å². The zero-order valence-electron chi connectivity index (χ0n) is 17.6. The Morgan fingerprint density at radius 3 is 1.84 bits per heavy atom. The molecule has 5 heteroatoms. The van der Waals surface area contributed by atoms with Crippen LogP contribution in [0.4, 0.5) is 0 Å². The first-order valence-electron chi connectivity index (χ1n) is 9.59. The van der Waals surface area contributed by atoms with E-state index in [2.05, 4.69) is 81.5 Å². The Labute approximate surface area is 200 Å². The molecule has 3 aromatic carbocycles. The average molecular weight is 462 g/mol. The van der Waals surface area contributed by atoms with Crippen LogP contribution in [0.2, 0.25) is 0 Å². The van der Waals surface area contributed by atoms with Gasteiger partial charge < -0.3 is 0 Å². The van der Waals surface area contributed by atoms with Gasteiger partial charge in [0, 0.05) is 34.8 Å². The third-order valence-corrected chi connectivity index (χ3v) is 5.34. The molecule has 0 aromatic heterocycles. The van der Waals surface area contributed by atoms with Crippen LogP contribution < -0.4 is 0 Å². The molecule has 4 nitrogen and oxygen atoms in total. The van der Waals surface area contributed by atoms with Crippen molar-refractivity contribution in [2.24, 2.45) is 5.92 Å². The van der Waals surface area contributed by atoms with E-state index in [1.807, 2.05) is 24.3 Å².